The minimum absolute atomic E-state index is 0.127. The highest BCUT2D eigenvalue weighted by atomic mass is 35.5. The summed E-state index contributed by atoms with van der Waals surface area (Å²) in [6, 6.07) is 8.57. The average Bonchev–Trinajstić information content (AvgIpc) is 2.36. The van der Waals surface area contributed by atoms with Crippen molar-refractivity contribution in [1.82, 2.24) is 0 Å². The first-order valence-electron chi connectivity index (χ1n) is 5.96. The normalized spacial score (nSPS) is 11.2. The minimum Gasteiger partial charge on any atom is -0.507 e. The van der Waals surface area contributed by atoms with E-state index < -0.39 is 5.82 Å². The van der Waals surface area contributed by atoms with Crippen molar-refractivity contribution in [1.29, 1.82) is 0 Å². The molecule has 0 aliphatic rings. The number of benzene rings is 2. The van der Waals surface area contributed by atoms with E-state index in [2.05, 4.69) is 0 Å². The predicted octanol–water partition coefficient (Wildman–Crippen LogP) is 5.19. The maximum atomic E-state index is 14.1. The molecule has 0 radical (unpaired) electrons. The monoisotopic (exact) mass is 276 g/mol. The zero-order valence-electron chi connectivity index (χ0n) is 10.7. The maximum Gasteiger partial charge on any atom is 0.136 e. The van der Waals surface area contributed by atoms with Gasteiger partial charge in [0.1, 0.15) is 11.6 Å². The van der Waals surface area contributed by atoms with E-state index in [1.807, 2.05) is 32.0 Å². The number of rotatable bonds is 2. The summed E-state index contributed by atoms with van der Waals surface area (Å²) in [5.41, 5.74) is 2.18. The standard InChI is InChI=1S/C16H14ClFO/c1-3-6-12-13(17)9-14(18)15(16(12)19)11-8-5-4-7-10(11)2/h3-9,19H,1-2H3. The van der Waals surface area contributed by atoms with Crippen LogP contribution in [0.4, 0.5) is 4.39 Å². The van der Waals surface area contributed by atoms with Crippen molar-refractivity contribution in [2.45, 2.75) is 13.8 Å². The number of allylic oxidation sites excluding steroid dienone is 1. The molecule has 0 saturated heterocycles. The molecule has 2 rings (SSSR count). The Bertz CT molecular complexity index is 647. The highest BCUT2D eigenvalue weighted by molar-refractivity contribution is 6.32. The highest BCUT2D eigenvalue weighted by Gasteiger charge is 2.18. The van der Waals surface area contributed by atoms with Crippen molar-refractivity contribution >= 4 is 17.7 Å². The molecule has 1 N–H and O–H groups in total. The number of phenols is 1. The molecule has 0 atom stereocenters. The van der Waals surface area contributed by atoms with Crippen LogP contribution in [0.1, 0.15) is 18.1 Å². The van der Waals surface area contributed by atoms with E-state index in [-0.39, 0.29) is 16.3 Å². The first kappa shape index (κ1) is 13.6. The van der Waals surface area contributed by atoms with Crippen LogP contribution in [0.3, 0.4) is 0 Å². The summed E-state index contributed by atoms with van der Waals surface area (Å²) in [4.78, 5) is 0. The molecule has 0 aromatic heterocycles. The third-order valence-electron chi connectivity index (χ3n) is 2.99. The van der Waals surface area contributed by atoms with Crippen LogP contribution in [0.15, 0.2) is 36.4 Å². The number of phenolic OH excluding ortho intramolecular Hbond substituents is 1. The van der Waals surface area contributed by atoms with Gasteiger partial charge >= 0.3 is 0 Å². The molecule has 0 fully saturated rings. The van der Waals surface area contributed by atoms with E-state index in [0.717, 1.165) is 5.56 Å². The van der Waals surface area contributed by atoms with Crippen LogP contribution in [-0.4, -0.2) is 5.11 Å². The van der Waals surface area contributed by atoms with E-state index >= 15 is 0 Å². The second-order valence-corrected chi connectivity index (χ2v) is 4.70. The summed E-state index contributed by atoms with van der Waals surface area (Å²) in [6.45, 7) is 3.69. The Kier molecular flexibility index (Phi) is 3.91. The van der Waals surface area contributed by atoms with Crippen molar-refractivity contribution in [3.05, 3.63) is 58.4 Å². The van der Waals surface area contributed by atoms with Crippen LogP contribution in [0, 0.1) is 12.7 Å². The molecule has 0 spiro atoms. The molecule has 0 amide bonds. The molecule has 0 unspecified atom stereocenters. The van der Waals surface area contributed by atoms with Gasteiger partial charge in [-0.3, -0.25) is 0 Å². The first-order chi connectivity index (χ1) is 9.06. The van der Waals surface area contributed by atoms with Gasteiger partial charge in [-0.05, 0) is 31.0 Å². The topological polar surface area (TPSA) is 20.2 Å². The fourth-order valence-electron chi connectivity index (χ4n) is 2.06. The van der Waals surface area contributed by atoms with Crippen LogP contribution in [0.2, 0.25) is 5.02 Å². The number of aryl methyl sites for hydroxylation is 1. The fraction of sp³-hybridized carbons (Fsp3) is 0.125. The van der Waals surface area contributed by atoms with Gasteiger partial charge in [-0.2, -0.15) is 0 Å². The lowest BCUT2D eigenvalue weighted by Crippen LogP contribution is -1.92. The summed E-state index contributed by atoms with van der Waals surface area (Å²) in [5.74, 6) is -0.651. The molecule has 19 heavy (non-hydrogen) atoms. The summed E-state index contributed by atoms with van der Waals surface area (Å²) in [5, 5.41) is 10.5. The van der Waals surface area contributed by atoms with Gasteiger partial charge in [0, 0.05) is 5.56 Å². The van der Waals surface area contributed by atoms with Gasteiger partial charge in [-0.15, -0.1) is 0 Å². The molecule has 0 heterocycles. The van der Waals surface area contributed by atoms with Gasteiger partial charge in [0.25, 0.3) is 0 Å². The van der Waals surface area contributed by atoms with Gasteiger partial charge in [0.2, 0.25) is 0 Å². The predicted molar refractivity (Wildman–Crippen MR) is 78.0 cm³/mol. The Morgan fingerprint density at radius 2 is 1.95 bits per heavy atom. The maximum absolute atomic E-state index is 14.1. The molecular weight excluding hydrogens is 263 g/mol. The summed E-state index contributed by atoms with van der Waals surface area (Å²) in [7, 11) is 0. The second kappa shape index (κ2) is 5.45. The van der Waals surface area contributed by atoms with Gasteiger partial charge in [0.15, 0.2) is 0 Å². The molecule has 0 saturated carbocycles. The summed E-state index contributed by atoms with van der Waals surface area (Å²) < 4.78 is 14.1. The van der Waals surface area contributed by atoms with Crippen molar-refractivity contribution in [2.24, 2.45) is 0 Å². The molecule has 0 aliphatic carbocycles. The van der Waals surface area contributed by atoms with Crippen LogP contribution in [-0.2, 0) is 0 Å². The molecule has 0 aliphatic heterocycles. The van der Waals surface area contributed by atoms with Crippen LogP contribution in [0.25, 0.3) is 17.2 Å². The zero-order valence-corrected chi connectivity index (χ0v) is 11.5. The van der Waals surface area contributed by atoms with Crippen molar-refractivity contribution in [3.63, 3.8) is 0 Å². The van der Waals surface area contributed by atoms with Gasteiger partial charge < -0.3 is 5.11 Å². The van der Waals surface area contributed by atoms with Crippen LogP contribution >= 0.6 is 11.6 Å². The smallest absolute Gasteiger partial charge is 0.136 e. The van der Waals surface area contributed by atoms with Gasteiger partial charge in [-0.1, -0.05) is 48.0 Å². The first-order valence-corrected chi connectivity index (χ1v) is 6.33. The van der Waals surface area contributed by atoms with Gasteiger partial charge in [-0.25, -0.2) is 4.39 Å². The largest absolute Gasteiger partial charge is 0.507 e. The SMILES string of the molecule is CC=Cc1c(Cl)cc(F)c(-c2ccccc2C)c1O. The summed E-state index contributed by atoms with van der Waals surface area (Å²) in [6.07, 6.45) is 3.42. The second-order valence-electron chi connectivity index (χ2n) is 4.29. The van der Waals surface area contributed by atoms with Crippen molar-refractivity contribution in [3.8, 4) is 16.9 Å². The molecule has 2 aromatic carbocycles. The third-order valence-corrected chi connectivity index (χ3v) is 3.30. The van der Waals surface area contributed by atoms with E-state index in [4.69, 9.17) is 11.6 Å². The highest BCUT2D eigenvalue weighted by Crippen LogP contribution is 2.40. The Hall–Kier alpha value is -1.80. The Labute approximate surface area is 117 Å². The van der Waals surface area contributed by atoms with Crippen LogP contribution < -0.4 is 0 Å². The molecule has 0 bridgehead atoms. The van der Waals surface area contributed by atoms with Gasteiger partial charge in [0.05, 0.1) is 10.6 Å². The van der Waals surface area contributed by atoms with Crippen molar-refractivity contribution in [2.75, 3.05) is 0 Å². The molecule has 98 valence electrons. The van der Waals surface area contributed by atoms with E-state index in [1.165, 1.54) is 6.07 Å². The van der Waals surface area contributed by atoms with Crippen molar-refractivity contribution < 1.29 is 9.50 Å². The van der Waals surface area contributed by atoms with E-state index in [1.54, 1.807) is 18.2 Å². The van der Waals surface area contributed by atoms with E-state index in [9.17, 15) is 9.50 Å². The molecule has 3 heteroatoms. The summed E-state index contributed by atoms with van der Waals surface area (Å²) >= 11 is 5.96. The number of aromatic hydroxyl groups is 1. The lowest BCUT2D eigenvalue weighted by Gasteiger charge is -2.13. The Morgan fingerprint density at radius 1 is 1.26 bits per heavy atom. The molecule has 2 aromatic rings. The Morgan fingerprint density at radius 3 is 2.58 bits per heavy atom. The number of halogens is 2. The minimum atomic E-state index is -0.523. The lowest BCUT2D eigenvalue weighted by atomic mass is 9.96. The fourth-order valence-corrected chi connectivity index (χ4v) is 2.31. The Balaban J connectivity index is 2.78. The third kappa shape index (κ3) is 2.49. The number of hydrogen-bond acceptors (Lipinski definition) is 1. The number of hydrogen-bond donors (Lipinski definition) is 1. The lowest BCUT2D eigenvalue weighted by molar-refractivity contribution is 0.470. The zero-order chi connectivity index (χ0) is 14.0. The quantitative estimate of drug-likeness (QED) is 0.800. The van der Waals surface area contributed by atoms with Crippen LogP contribution in [0.5, 0.6) is 5.75 Å². The molecule has 1 nitrogen and oxygen atoms in total. The molecular formula is C16H14ClFO. The average molecular weight is 277 g/mol. The van der Waals surface area contributed by atoms with E-state index in [0.29, 0.717) is 11.1 Å².